The molecule has 1 saturated carbocycles. The van der Waals surface area contributed by atoms with Crippen molar-refractivity contribution in [2.24, 2.45) is 11.3 Å². The maximum absolute atomic E-state index is 11.7. The summed E-state index contributed by atoms with van der Waals surface area (Å²) in [7, 11) is 0. The van der Waals surface area contributed by atoms with E-state index in [1.54, 1.807) is 6.07 Å². The third kappa shape index (κ3) is 2.44. The molecular formula is C15H20ClNO2. The van der Waals surface area contributed by atoms with Crippen LogP contribution < -0.4 is 5.73 Å². The zero-order chi connectivity index (χ0) is 14.4. The second-order valence-electron chi connectivity index (χ2n) is 6.53. The first-order chi connectivity index (χ1) is 8.68. The minimum absolute atomic E-state index is 0.289. The summed E-state index contributed by atoms with van der Waals surface area (Å²) in [5.74, 6) is -1.15. The number of halogens is 1. The fourth-order valence-corrected chi connectivity index (χ4v) is 3.29. The molecule has 3 N–H and O–H groups in total. The van der Waals surface area contributed by atoms with Crippen LogP contribution in [0.1, 0.15) is 39.2 Å². The Morgan fingerprint density at radius 1 is 1.42 bits per heavy atom. The summed E-state index contributed by atoms with van der Waals surface area (Å²) in [6, 6.07) is 5.50. The number of aliphatic carboxylic acids is 1. The van der Waals surface area contributed by atoms with Crippen LogP contribution in [0.5, 0.6) is 0 Å². The van der Waals surface area contributed by atoms with E-state index in [1.165, 1.54) is 0 Å². The van der Waals surface area contributed by atoms with Gasteiger partial charge in [0, 0.05) is 5.41 Å². The topological polar surface area (TPSA) is 63.3 Å². The molecule has 19 heavy (non-hydrogen) atoms. The molecule has 1 aliphatic carbocycles. The predicted molar refractivity (Wildman–Crippen MR) is 77.4 cm³/mol. The molecule has 0 saturated heterocycles. The van der Waals surface area contributed by atoms with Gasteiger partial charge in [0.05, 0.1) is 16.6 Å². The quantitative estimate of drug-likeness (QED) is 0.830. The first-order valence-electron chi connectivity index (χ1n) is 6.47. The summed E-state index contributed by atoms with van der Waals surface area (Å²) in [5.41, 5.74) is 6.78. The van der Waals surface area contributed by atoms with E-state index in [4.69, 9.17) is 17.3 Å². The second kappa shape index (κ2) is 4.41. The van der Waals surface area contributed by atoms with Gasteiger partial charge in [-0.25, -0.2) is 0 Å². The van der Waals surface area contributed by atoms with Gasteiger partial charge in [-0.15, -0.1) is 0 Å². The summed E-state index contributed by atoms with van der Waals surface area (Å²) in [6.07, 6.45) is 1.78. The van der Waals surface area contributed by atoms with Crippen molar-refractivity contribution in [1.29, 1.82) is 0 Å². The molecule has 1 aromatic carbocycles. The lowest BCUT2D eigenvalue weighted by molar-refractivity contribution is -0.147. The Bertz CT molecular complexity index is 515. The van der Waals surface area contributed by atoms with Crippen molar-refractivity contribution in [3.63, 3.8) is 0 Å². The highest BCUT2D eigenvalue weighted by atomic mass is 35.5. The Kier molecular flexibility index (Phi) is 3.29. The van der Waals surface area contributed by atoms with Crippen LogP contribution in [0.2, 0.25) is 5.02 Å². The number of nitrogens with two attached hydrogens (primary N) is 1. The van der Waals surface area contributed by atoms with Gasteiger partial charge in [-0.1, -0.05) is 38.4 Å². The monoisotopic (exact) mass is 281 g/mol. The lowest BCUT2D eigenvalue weighted by atomic mass is 9.68. The average Bonchev–Trinajstić information content (AvgIpc) is 3.00. The summed E-state index contributed by atoms with van der Waals surface area (Å²) >= 11 is 5.94. The molecule has 1 fully saturated rings. The van der Waals surface area contributed by atoms with Gasteiger partial charge < -0.3 is 10.8 Å². The summed E-state index contributed by atoms with van der Waals surface area (Å²) < 4.78 is 0. The molecule has 0 aromatic heterocycles. The van der Waals surface area contributed by atoms with Crippen LogP contribution in [0, 0.1) is 11.3 Å². The molecule has 0 aliphatic heterocycles. The van der Waals surface area contributed by atoms with Crippen molar-refractivity contribution < 1.29 is 9.90 Å². The van der Waals surface area contributed by atoms with Crippen molar-refractivity contribution >= 4 is 23.3 Å². The second-order valence-corrected chi connectivity index (χ2v) is 6.94. The summed E-state index contributed by atoms with van der Waals surface area (Å²) in [6.45, 7) is 5.93. The smallest absolute Gasteiger partial charge is 0.307 e. The summed E-state index contributed by atoms with van der Waals surface area (Å²) in [5, 5.41) is 10.1. The number of anilines is 1. The lowest BCUT2D eigenvalue weighted by Crippen LogP contribution is -2.38. The van der Waals surface area contributed by atoms with Crippen LogP contribution in [0.3, 0.4) is 0 Å². The number of rotatable bonds is 3. The van der Waals surface area contributed by atoms with Gasteiger partial charge in [0.25, 0.3) is 0 Å². The molecule has 1 unspecified atom stereocenters. The summed E-state index contributed by atoms with van der Waals surface area (Å²) in [4.78, 5) is 11.7. The molecular weight excluding hydrogens is 262 g/mol. The number of nitrogen functional groups attached to an aromatic ring is 1. The maximum Gasteiger partial charge on any atom is 0.307 e. The minimum atomic E-state index is -0.737. The Morgan fingerprint density at radius 3 is 2.37 bits per heavy atom. The normalized spacial score (nSPS) is 18.9. The Morgan fingerprint density at radius 2 is 2.00 bits per heavy atom. The SMILES string of the molecule is CC(C)(C)C(C(=O)O)C1(c2ccc(Cl)c(N)c2)CC1. The Balaban J connectivity index is 2.46. The van der Waals surface area contributed by atoms with Gasteiger partial charge in [-0.3, -0.25) is 4.79 Å². The van der Waals surface area contributed by atoms with E-state index in [2.05, 4.69) is 0 Å². The van der Waals surface area contributed by atoms with Gasteiger partial charge in [0.15, 0.2) is 0 Å². The van der Waals surface area contributed by atoms with Gasteiger partial charge >= 0.3 is 5.97 Å². The van der Waals surface area contributed by atoms with Crippen molar-refractivity contribution in [1.82, 2.24) is 0 Å². The third-order valence-corrected chi connectivity index (χ3v) is 4.37. The van der Waals surface area contributed by atoms with E-state index in [1.807, 2.05) is 32.9 Å². The van der Waals surface area contributed by atoms with Crippen LogP contribution in [0.15, 0.2) is 18.2 Å². The van der Waals surface area contributed by atoms with Crippen LogP contribution in [-0.2, 0) is 10.2 Å². The van der Waals surface area contributed by atoms with Gasteiger partial charge in [0.2, 0.25) is 0 Å². The molecule has 1 aliphatic rings. The molecule has 2 rings (SSSR count). The average molecular weight is 282 g/mol. The molecule has 104 valence electrons. The molecule has 4 heteroatoms. The van der Waals surface area contributed by atoms with Gasteiger partial charge in [0.1, 0.15) is 0 Å². The standard InChI is InChI=1S/C15H20ClNO2/c1-14(2,3)12(13(18)19)15(6-7-15)9-4-5-10(16)11(17)8-9/h4-5,8,12H,6-7,17H2,1-3H3,(H,18,19). The van der Waals surface area contributed by atoms with Crippen LogP contribution >= 0.6 is 11.6 Å². The molecule has 1 aromatic rings. The number of carboxylic acids is 1. The highest BCUT2D eigenvalue weighted by molar-refractivity contribution is 6.33. The Hall–Kier alpha value is -1.22. The lowest BCUT2D eigenvalue weighted by Gasteiger charge is -2.34. The highest BCUT2D eigenvalue weighted by Gasteiger charge is 2.57. The number of hydrogen-bond acceptors (Lipinski definition) is 2. The number of benzene rings is 1. The molecule has 1 atom stereocenters. The zero-order valence-electron chi connectivity index (χ0n) is 11.5. The minimum Gasteiger partial charge on any atom is -0.481 e. The fraction of sp³-hybridized carbons (Fsp3) is 0.533. The van der Waals surface area contributed by atoms with E-state index < -0.39 is 11.9 Å². The number of hydrogen-bond donors (Lipinski definition) is 2. The number of carboxylic acid groups (broad SMARTS) is 1. The predicted octanol–water partition coefficient (Wildman–Crippen LogP) is 3.70. The fourth-order valence-electron chi connectivity index (χ4n) is 3.17. The van der Waals surface area contributed by atoms with Crippen molar-refractivity contribution in [2.75, 3.05) is 5.73 Å². The highest BCUT2D eigenvalue weighted by Crippen LogP contribution is 2.59. The van der Waals surface area contributed by atoms with E-state index >= 15 is 0 Å². The number of carbonyl (C=O) groups is 1. The third-order valence-electron chi connectivity index (χ3n) is 4.03. The molecule has 0 bridgehead atoms. The molecule has 0 amide bonds. The van der Waals surface area contributed by atoms with Gasteiger partial charge in [-0.2, -0.15) is 0 Å². The first kappa shape index (κ1) is 14.2. The van der Waals surface area contributed by atoms with Crippen molar-refractivity contribution in [3.05, 3.63) is 28.8 Å². The Labute approximate surface area is 118 Å². The van der Waals surface area contributed by atoms with Gasteiger partial charge in [-0.05, 0) is 36.0 Å². The molecule has 0 heterocycles. The van der Waals surface area contributed by atoms with Crippen molar-refractivity contribution in [2.45, 2.75) is 39.0 Å². The first-order valence-corrected chi connectivity index (χ1v) is 6.84. The largest absolute Gasteiger partial charge is 0.481 e. The molecule has 0 radical (unpaired) electrons. The maximum atomic E-state index is 11.7. The van der Waals surface area contributed by atoms with Crippen LogP contribution in [0.25, 0.3) is 0 Å². The molecule has 3 nitrogen and oxygen atoms in total. The van der Waals surface area contributed by atoms with Crippen LogP contribution in [0.4, 0.5) is 5.69 Å². The van der Waals surface area contributed by atoms with E-state index in [0.29, 0.717) is 10.7 Å². The zero-order valence-corrected chi connectivity index (χ0v) is 12.3. The van der Waals surface area contributed by atoms with E-state index in [9.17, 15) is 9.90 Å². The van der Waals surface area contributed by atoms with Crippen molar-refractivity contribution in [3.8, 4) is 0 Å². The molecule has 0 spiro atoms. The van der Waals surface area contributed by atoms with Crippen LogP contribution in [-0.4, -0.2) is 11.1 Å². The van der Waals surface area contributed by atoms with E-state index in [-0.39, 0.29) is 10.8 Å². The van der Waals surface area contributed by atoms with E-state index in [0.717, 1.165) is 18.4 Å².